The molecule has 0 unspecified atom stereocenters. The molecule has 1 heterocycles. The summed E-state index contributed by atoms with van der Waals surface area (Å²) >= 11 is 0. The maximum absolute atomic E-state index is 12.3. The Balaban J connectivity index is 2.03. The second-order valence-corrected chi connectivity index (χ2v) is 7.58. The van der Waals surface area contributed by atoms with Gasteiger partial charge in [-0.05, 0) is 43.2 Å². The molecule has 11 heteroatoms. The predicted octanol–water partition coefficient (Wildman–Crippen LogP) is 1.12. The molecule has 156 valence electrons. The van der Waals surface area contributed by atoms with Gasteiger partial charge in [-0.3, -0.25) is 4.79 Å². The summed E-state index contributed by atoms with van der Waals surface area (Å²) in [5, 5.41) is 7.46. The minimum Gasteiger partial charge on any atom is -0.465 e. The third kappa shape index (κ3) is 5.21. The Labute approximate surface area is 167 Å². The second kappa shape index (κ2) is 8.88. The highest BCUT2D eigenvalue weighted by Gasteiger charge is 2.24. The lowest BCUT2D eigenvalue weighted by Crippen LogP contribution is -2.21. The number of sulfonamides is 1. The van der Waals surface area contributed by atoms with Gasteiger partial charge in [-0.25, -0.2) is 23.1 Å². The molecule has 2 rings (SSSR count). The van der Waals surface area contributed by atoms with Crippen LogP contribution in [0.25, 0.3) is 0 Å². The van der Waals surface area contributed by atoms with Gasteiger partial charge < -0.3 is 19.8 Å². The van der Waals surface area contributed by atoms with Crippen molar-refractivity contribution >= 4 is 33.6 Å². The van der Waals surface area contributed by atoms with Crippen LogP contribution in [0.5, 0.6) is 0 Å². The van der Waals surface area contributed by atoms with Gasteiger partial charge in [0.2, 0.25) is 10.0 Å². The number of carbonyl (C=O) groups excluding carboxylic acids is 3. The number of hydrogen-bond acceptors (Lipinski definition) is 7. The number of ether oxygens (including phenoxy) is 2. The molecule has 2 aromatic rings. The first-order chi connectivity index (χ1) is 13.6. The molecule has 4 N–H and O–H groups in total. The van der Waals surface area contributed by atoms with Crippen LogP contribution >= 0.6 is 0 Å². The number of hydrogen-bond donors (Lipinski definition) is 3. The van der Waals surface area contributed by atoms with Gasteiger partial charge in [-0.1, -0.05) is 6.92 Å². The highest BCUT2D eigenvalue weighted by molar-refractivity contribution is 7.89. The van der Waals surface area contributed by atoms with Crippen LogP contribution in [0.3, 0.4) is 0 Å². The lowest BCUT2D eigenvalue weighted by molar-refractivity contribution is -0.119. The Morgan fingerprint density at radius 2 is 1.76 bits per heavy atom. The number of methoxy groups -OCH3 is 1. The Kier molecular flexibility index (Phi) is 6.77. The third-order valence-electron chi connectivity index (χ3n) is 4.08. The number of carbonyl (C=O) groups is 3. The molecule has 0 aliphatic heterocycles. The quantitative estimate of drug-likeness (QED) is 0.563. The van der Waals surface area contributed by atoms with Crippen LogP contribution in [-0.2, 0) is 30.7 Å². The van der Waals surface area contributed by atoms with E-state index in [0.717, 1.165) is 0 Å². The van der Waals surface area contributed by atoms with Crippen molar-refractivity contribution in [1.29, 1.82) is 0 Å². The molecule has 0 spiro atoms. The zero-order valence-corrected chi connectivity index (χ0v) is 16.9. The van der Waals surface area contributed by atoms with Crippen molar-refractivity contribution in [2.75, 3.05) is 19.0 Å². The van der Waals surface area contributed by atoms with Crippen LogP contribution in [0.4, 0.5) is 5.69 Å². The predicted molar refractivity (Wildman–Crippen MR) is 103 cm³/mol. The number of nitrogens with one attached hydrogen (secondary N) is 2. The topological polar surface area (TPSA) is 158 Å². The largest absolute Gasteiger partial charge is 0.465 e. The molecule has 0 aliphatic carbocycles. The number of aryl methyl sites for hydroxylation is 1. The van der Waals surface area contributed by atoms with E-state index in [1.165, 1.54) is 31.4 Å². The van der Waals surface area contributed by atoms with Crippen molar-refractivity contribution in [3.8, 4) is 0 Å². The molecular weight excluding hydrogens is 402 g/mol. The highest BCUT2D eigenvalue weighted by Crippen LogP contribution is 2.21. The summed E-state index contributed by atoms with van der Waals surface area (Å²) in [6.45, 7) is 2.80. The summed E-state index contributed by atoms with van der Waals surface area (Å²) in [4.78, 5) is 38.9. The van der Waals surface area contributed by atoms with Crippen LogP contribution in [0, 0.1) is 6.92 Å². The summed E-state index contributed by atoms with van der Waals surface area (Å²) in [6.07, 6.45) is 0.466. The van der Waals surface area contributed by atoms with E-state index in [1.807, 2.05) is 0 Å². The van der Waals surface area contributed by atoms with Crippen molar-refractivity contribution in [2.24, 2.45) is 5.14 Å². The van der Waals surface area contributed by atoms with E-state index in [2.05, 4.69) is 10.3 Å². The van der Waals surface area contributed by atoms with Crippen molar-refractivity contribution in [3.05, 3.63) is 46.8 Å². The molecule has 0 bridgehead atoms. The average Bonchev–Trinajstić information content (AvgIpc) is 3.01. The number of aromatic nitrogens is 1. The average molecular weight is 423 g/mol. The van der Waals surface area contributed by atoms with Gasteiger partial charge in [0.15, 0.2) is 6.61 Å². The summed E-state index contributed by atoms with van der Waals surface area (Å²) in [5.41, 5.74) is 1.53. The highest BCUT2D eigenvalue weighted by atomic mass is 32.2. The Morgan fingerprint density at radius 1 is 1.14 bits per heavy atom. The van der Waals surface area contributed by atoms with Crippen molar-refractivity contribution in [2.45, 2.75) is 25.2 Å². The zero-order chi connectivity index (χ0) is 21.8. The molecule has 10 nitrogen and oxygen atoms in total. The molecule has 0 fully saturated rings. The summed E-state index contributed by atoms with van der Waals surface area (Å²) in [6, 6.07) is 5.18. The summed E-state index contributed by atoms with van der Waals surface area (Å²) in [7, 11) is -2.59. The van der Waals surface area contributed by atoms with Gasteiger partial charge in [0.05, 0.1) is 17.6 Å². The van der Waals surface area contributed by atoms with E-state index in [0.29, 0.717) is 23.4 Å². The van der Waals surface area contributed by atoms with Gasteiger partial charge in [0.25, 0.3) is 5.91 Å². The SMILES string of the molecule is CCc1[nH]c(C(=O)OCC(=O)Nc2ccc(S(N)(=O)=O)cc2)c(C)c1C(=O)OC. The van der Waals surface area contributed by atoms with Crippen molar-refractivity contribution < 1.29 is 32.3 Å². The number of anilines is 1. The van der Waals surface area contributed by atoms with Gasteiger partial charge in [0, 0.05) is 11.4 Å². The number of primary sulfonamides is 1. The lowest BCUT2D eigenvalue weighted by Gasteiger charge is -2.07. The molecule has 0 aliphatic rings. The molecule has 1 aromatic carbocycles. The molecule has 0 saturated carbocycles. The number of H-pyrrole nitrogens is 1. The lowest BCUT2D eigenvalue weighted by atomic mass is 10.1. The zero-order valence-electron chi connectivity index (χ0n) is 16.1. The maximum Gasteiger partial charge on any atom is 0.355 e. The molecule has 0 atom stereocenters. The maximum atomic E-state index is 12.3. The fraction of sp³-hybridized carbons (Fsp3) is 0.278. The Bertz CT molecular complexity index is 1040. The molecule has 1 aromatic heterocycles. The van der Waals surface area contributed by atoms with E-state index in [-0.39, 0.29) is 16.2 Å². The summed E-state index contributed by atoms with van der Waals surface area (Å²) in [5.74, 6) is -2.00. The fourth-order valence-electron chi connectivity index (χ4n) is 2.63. The minimum atomic E-state index is -3.83. The summed E-state index contributed by atoms with van der Waals surface area (Å²) < 4.78 is 32.2. The third-order valence-corrected chi connectivity index (χ3v) is 5.01. The first-order valence-corrected chi connectivity index (χ1v) is 10.0. The number of nitrogens with two attached hydrogens (primary N) is 1. The number of amides is 1. The first kappa shape index (κ1) is 22.1. The fourth-order valence-corrected chi connectivity index (χ4v) is 3.15. The molecule has 29 heavy (non-hydrogen) atoms. The van der Waals surface area contributed by atoms with Crippen molar-refractivity contribution in [3.63, 3.8) is 0 Å². The van der Waals surface area contributed by atoms with E-state index >= 15 is 0 Å². The second-order valence-electron chi connectivity index (χ2n) is 6.02. The van der Waals surface area contributed by atoms with Gasteiger partial charge in [-0.2, -0.15) is 0 Å². The molecular formula is C18H21N3O7S. The molecule has 1 amide bonds. The van der Waals surface area contributed by atoms with Gasteiger partial charge in [-0.15, -0.1) is 0 Å². The van der Waals surface area contributed by atoms with Crippen LogP contribution in [0.2, 0.25) is 0 Å². The van der Waals surface area contributed by atoms with Gasteiger partial charge in [0.1, 0.15) is 5.69 Å². The van der Waals surface area contributed by atoms with Crippen molar-refractivity contribution in [1.82, 2.24) is 4.98 Å². The number of esters is 2. The van der Waals surface area contributed by atoms with E-state index in [4.69, 9.17) is 14.6 Å². The first-order valence-electron chi connectivity index (χ1n) is 8.48. The molecule has 0 saturated heterocycles. The molecule has 0 radical (unpaired) electrons. The number of rotatable bonds is 7. The monoisotopic (exact) mass is 423 g/mol. The van der Waals surface area contributed by atoms with Gasteiger partial charge >= 0.3 is 11.9 Å². The number of aromatic amines is 1. The Hall–Kier alpha value is -3.18. The van der Waals surface area contributed by atoms with Crippen LogP contribution in [-0.4, -0.2) is 45.0 Å². The van der Waals surface area contributed by atoms with Crippen LogP contribution in [0.15, 0.2) is 29.2 Å². The standard InChI is InChI=1S/C18H21N3O7S/c1-4-13-15(17(23)27-3)10(2)16(21-13)18(24)28-9-14(22)20-11-5-7-12(8-6-11)29(19,25)26/h5-8,21H,4,9H2,1-3H3,(H,20,22)(H2,19,25,26). The van der Waals surface area contributed by atoms with E-state index in [9.17, 15) is 22.8 Å². The Morgan fingerprint density at radius 3 is 2.28 bits per heavy atom. The van der Waals surface area contributed by atoms with E-state index < -0.39 is 34.5 Å². The minimum absolute atomic E-state index is 0.0626. The van der Waals surface area contributed by atoms with Crippen LogP contribution < -0.4 is 10.5 Å². The van der Waals surface area contributed by atoms with Crippen LogP contribution in [0.1, 0.15) is 39.0 Å². The normalized spacial score (nSPS) is 11.0. The number of benzene rings is 1. The smallest absolute Gasteiger partial charge is 0.355 e. The van der Waals surface area contributed by atoms with E-state index in [1.54, 1.807) is 13.8 Å².